The summed E-state index contributed by atoms with van der Waals surface area (Å²) in [5.74, 6) is -2.01. The third-order valence-corrected chi connectivity index (χ3v) is 7.33. The summed E-state index contributed by atoms with van der Waals surface area (Å²) in [6.07, 6.45) is 4.22. The van der Waals surface area contributed by atoms with E-state index in [0.29, 0.717) is 27.8 Å². The molecule has 172 valence electrons. The first-order valence-electron chi connectivity index (χ1n) is 9.39. The molecule has 0 radical (unpaired) electrons. The first-order chi connectivity index (χ1) is 15.8. The maximum Gasteiger partial charge on any atom is 0.352 e. The predicted molar refractivity (Wildman–Crippen MR) is 123 cm³/mol. The third kappa shape index (κ3) is 4.89. The summed E-state index contributed by atoms with van der Waals surface area (Å²) in [6.45, 7) is 1.91. The summed E-state index contributed by atoms with van der Waals surface area (Å²) in [4.78, 5) is 47.7. The largest absolute Gasteiger partial charge is 0.477 e. The minimum absolute atomic E-state index is 0.0473. The van der Waals surface area contributed by atoms with Gasteiger partial charge in [0.2, 0.25) is 0 Å². The average molecular weight is 508 g/mol. The number of nitrogens with zero attached hydrogens (tertiary/aromatic N) is 5. The molecule has 1 saturated heterocycles. The van der Waals surface area contributed by atoms with Gasteiger partial charge in [-0.2, -0.15) is 0 Å². The van der Waals surface area contributed by atoms with Gasteiger partial charge in [0.15, 0.2) is 11.7 Å². The van der Waals surface area contributed by atoms with Crippen LogP contribution in [0.15, 0.2) is 27.9 Å². The van der Waals surface area contributed by atoms with Crippen molar-refractivity contribution in [2.75, 3.05) is 11.5 Å². The standard InChI is InChI=1S/C18H17N7O5S3/c1-8-11(23-24-33-8)3-2-9-6-31-16-13(15(27)25(16)14(9)17(28)29)22-12(26)4-20-30-5-10-7-32-18(19)21-10/h2-4,7,13,16H,5-6H2,1H3,(H2,19,21)(H,22,26)(H,28,29)/b3-2-,20-4-. The van der Waals surface area contributed by atoms with Gasteiger partial charge >= 0.3 is 5.97 Å². The number of anilines is 1. The number of aryl methyl sites for hydroxylation is 1. The van der Waals surface area contributed by atoms with Crippen LogP contribution in [0, 0.1) is 6.92 Å². The molecule has 2 aliphatic rings. The van der Waals surface area contributed by atoms with Crippen LogP contribution in [-0.2, 0) is 25.8 Å². The Labute approximate surface area is 199 Å². The van der Waals surface area contributed by atoms with Gasteiger partial charge in [0, 0.05) is 16.0 Å². The average Bonchev–Trinajstić information content (AvgIpc) is 3.40. The molecule has 2 amide bonds. The molecule has 4 heterocycles. The molecule has 2 aromatic heterocycles. The van der Waals surface area contributed by atoms with Gasteiger partial charge in [-0.3, -0.25) is 14.5 Å². The van der Waals surface area contributed by atoms with Crippen LogP contribution in [0.3, 0.4) is 0 Å². The number of thioether (sulfide) groups is 1. The number of hydrogen-bond donors (Lipinski definition) is 3. The first kappa shape index (κ1) is 22.9. The number of nitrogen functional groups attached to an aromatic ring is 1. The molecule has 0 bridgehead atoms. The number of fused-ring (bicyclic) bond motifs is 1. The number of thiazole rings is 1. The van der Waals surface area contributed by atoms with E-state index in [1.165, 1.54) is 39.5 Å². The molecular formula is C18H17N7O5S3. The second kappa shape index (κ2) is 9.68. The van der Waals surface area contributed by atoms with Gasteiger partial charge < -0.3 is 21.0 Å². The molecule has 2 aliphatic heterocycles. The number of carbonyl (C=O) groups is 3. The highest BCUT2D eigenvalue weighted by Crippen LogP contribution is 2.40. The number of allylic oxidation sites excluding steroid dienone is 1. The molecule has 4 rings (SSSR count). The Hall–Kier alpha value is -3.30. The highest BCUT2D eigenvalue weighted by Gasteiger charge is 2.53. The Bertz CT molecular complexity index is 1190. The number of nitrogens with one attached hydrogen (secondary N) is 1. The number of aliphatic carboxylic acids is 1. The van der Waals surface area contributed by atoms with Gasteiger partial charge in [-0.25, -0.2) is 9.78 Å². The Morgan fingerprint density at radius 3 is 2.94 bits per heavy atom. The lowest BCUT2D eigenvalue weighted by Crippen LogP contribution is -2.70. The second-order valence-electron chi connectivity index (χ2n) is 6.81. The Morgan fingerprint density at radius 2 is 2.27 bits per heavy atom. The van der Waals surface area contributed by atoms with Crippen LogP contribution >= 0.6 is 34.6 Å². The molecule has 0 saturated carbocycles. The van der Waals surface area contributed by atoms with Gasteiger partial charge in [-0.1, -0.05) is 15.7 Å². The number of hydrogen-bond acceptors (Lipinski definition) is 12. The fourth-order valence-electron chi connectivity index (χ4n) is 3.11. The zero-order valence-electron chi connectivity index (χ0n) is 17.0. The van der Waals surface area contributed by atoms with E-state index < -0.39 is 29.2 Å². The number of β-lactam (4-membered cyclic amide) rings is 1. The molecule has 2 aromatic rings. The first-order valence-corrected chi connectivity index (χ1v) is 12.1. The van der Waals surface area contributed by atoms with E-state index in [-0.39, 0.29) is 12.3 Å². The zero-order chi connectivity index (χ0) is 23.5. The highest BCUT2D eigenvalue weighted by atomic mass is 32.2. The van der Waals surface area contributed by atoms with Crippen molar-refractivity contribution in [3.63, 3.8) is 0 Å². The minimum Gasteiger partial charge on any atom is -0.477 e. The van der Waals surface area contributed by atoms with Crippen molar-refractivity contribution in [1.82, 2.24) is 24.8 Å². The molecule has 33 heavy (non-hydrogen) atoms. The fourth-order valence-corrected chi connectivity index (χ4v) is 5.43. The van der Waals surface area contributed by atoms with Crippen LogP contribution in [0.5, 0.6) is 0 Å². The van der Waals surface area contributed by atoms with E-state index >= 15 is 0 Å². The normalized spacial score (nSPS) is 20.3. The van der Waals surface area contributed by atoms with Gasteiger partial charge in [-0.15, -0.1) is 28.2 Å². The van der Waals surface area contributed by atoms with E-state index in [0.717, 1.165) is 11.1 Å². The zero-order valence-corrected chi connectivity index (χ0v) is 19.4. The summed E-state index contributed by atoms with van der Waals surface area (Å²) in [5, 5.41) is 21.4. The molecule has 12 nitrogen and oxygen atoms in total. The van der Waals surface area contributed by atoms with Gasteiger partial charge in [0.05, 0.1) is 5.69 Å². The fraction of sp³-hybridized carbons (Fsp3) is 0.278. The summed E-state index contributed by atoms with van der Waals surface area (Å²) in [6, 6.07) is -0.864. The second-order valence-corrected chi connectivity index (χ2v) is 9.76. The lowest BCUT2D eigenvalue weighted by Gasteiger charge is -2.49. The lowest BCUT2D eigenvalue weighted by atomic mass is 10.0. The summed E-state index contributed by atoms with van der Waals surface area (Å²) in [5.41, 5.74) is 7.12. The van der Waals surface area contributed by atoms with Crippen LogP contribution < -0.4 is 11.1 Å². The van der Waals surface area contributed by atoms with Crippen LogP contribution in [0.1, 0.15) is 16.3 Å². The van der Waals surface area contributed by atoms with E-state index in [1.807, 2.05) is 6.92 Å². The van der Waals surface area contributed by atoms with Gasteiger partial charge in [0.25, 0.3) is 11.8 Å². The van der Waals surface area contributed by atoms with Crippen molar-refractivity contribution in [2.45, 2.75) is 24.9 Å². The molecule has 0 spiro atoms. The van der Waals surface area contributed by atoms with E-state index in [4.69, 9.17) is 10.6 Å². The minimum atomic E-state index is -1.22. The van der Waals surface area contributed by atoms with Crippen molar-refractivity contribution >= 4 is 69.8 Å². The number of nitrogens with two attached hydrogens (primary N) is 1. The molecule has 0 aromatic carbocycles. The van der Waals surface area contributed by atoms with Crippen molar-refractivity contribution in [1.29, 1.82) is 0 Å². The van der Waals surface area contributed by atoms with Crippen molar-refractivity contribution in [2.24, 2.45) is 5.16 Å². The number of oxime groups is 1. The number of rotatable bonds is 8. The highest BCUT2D eigenvalue weighted by molar-refractivity contribution is 8.00. The van der Waals surface area contributed by atoms with E-state index in [9.17, 15) is 19.5 Å². The number of amides is 2. The number of aromatic nitrogens is 3. The topological polar surface area (TPSA) is 173 Å². The van der Waals surface area contributed by atoms with Gasteiger partial charge in [0.1, 0.15) is 29.0 Å². The lowest BCUT2D eigenvalue weighted by molar-refractivity contribution is -0.150. The van der Waals surface area contributed by atoms with E-state index in [2.05, 4.69) is 25.0 Å². The molecule has 4 N–H and O–H groups in total. The molecule has 1 fully saturated rings. The smallest absolute Gasteiger partial charge is 0.352 e. The van der Waals surface area contributed by atoms with Crippen LogP contribution in [0.25, 0.3) is 6.08 Å². The Morgan fingerprint density at radius 1 is 1.45 bits per heavy atom. The summed E-state index contributed by atoms with van der Waals surface area (Å²) >= 11 is 3.86. The van der Waals surface area contributed by atoms with Crippen LogP contribution in [0.2, 0.25) is 0 Å². The molecular weight excluding hydrogens is 490 g/mol. The van der Waals surface area contributed by atoms with Crippen molar-refractivity contribution in [3.8, 4) is 0 Å². The Balaban J connectivity index is 1.38. The summed E-state index contributed by atoms with van der Waals surface area (Å²) in [7, 11) is 0. The SMILES string of the molecule is Cc1snnc1/C=C\C1=C(C(=O)O)N2C(=O)C(NC(=O)/C=N\OCc3csc(N)n3)C2SC1. The third-order valence-electron chi connectivity index (χ3n) is 4.65. The van der Waals surface area contributed by atoms with Crippen LogP contribution in [0.4, 0.5) is 5.13 Å². The maximum absolute atomic E-state index is 12.7. The van der Waals surface area contributed by atoms with Crippen molar-refractivity contribution in [3.05, 3.63) is 39.0 Å². The van der Waals surface area contributed by atoms with Crippen molar-refractivity contribution < 1.29 is 24.3 Å². The predicted octanol–water partition coefficient (Wildman–Crippen LogP) is 0.840. The molecule has 0 aliphatic carbocycles. The number of carboxylic acid groups (broad SMARTS) is 1. The molecule has 15 heteroatoms. The molecule has 2 unspecified atom stereocenters. The quantitative estimate of drug-likeness (QED) is 0.264. The Kier molecular flexibility index (Phi) is 6.71. The summed E-state index contributed by atoms with van der Waals surface area (Å²) < 4.78 is 3.84. The van der Waals surface area contributed by atoms with Gasteiger partial charge in [-0.05, 0) is 30.1 Å². The number of carboxylic acids is 1. The molecule has 2 atom stereocenters. The maximum atomic E-state index is 12.7. The number of carbonyl (C=O) groups excluding carboxylic acids is 2. The van der Waals surface area contributed by atoms with E-state index in [1.54, 1.807) is 17.5 Å². The monoisotopic (exact) mass is 507 g/mol. The van der Waals surface area contributed by atoms with Crippen LogP contribution in [-0.4, -0.2) is 65.7 Å².